The van der Waals surface area contributed by atoms with Crippen LogP contribution in [0.15, 0.2) is 102 Å². The van der Waals surface area contributed by atoms with E-state index in [0.717, 1.165) is 13.8 Å². The Morgan fingerprint density at radius 3 is 2.14 bits per heavy atom. The zero-order valence-corrected chi connectivity index (χ0v) is 35.6. The molecule has 1 heterocycles. The molecular formula is C48H53NO14. The Labute approximate surface area is 371 Å². The highest BCUT2D eigenvalue weighted by Gasteiger charge is 2.78. The van der Waals surface area contributed by atoms with Gasteiger partial charge in [-0.3, -0.25) is 19.2 Å². The molecule has 3 aliphatic carbocycles. The maximum absolute atomic E-state index is 15.5. The highest BCUT2D eigenvalue weighted by molar-refractivity contribution is 5.95. The van der Waals surface area contributed by atoms with Gasteiger partial charge >= 0.3 is 23.9 Å². The number of carbonyl (C=O) groups is 6. The van der Waals surface area contributed by atoms with E-state index in [2.05, 4.69) is 5.32 Å². The van der Waals surface area contributed by atoms with Crippen molar-refractivity contribution in [3.8, 4) is 0 Å². The molecule has 0 aromatic heterocycles. The van der Waals surface area contributed by atoms with Gasteiger partial charge in [0.25, 0.3) is 0 Å². The minimum atomic E-state index is -2.48. The third-order valence-electron chi connectivity index (χ3n) is 13.4. The van der Waals surface area contributed by atoms with E-state index in [9.17, 15) is 39.3 Å². The number of aliphatic hydroxyl groups excluding tert-OH is 2. The normalized spacial score (nSPS) is 32.7. The molecule has 334 valence electrons. The van der Waals surface area contributed by atoms with Gasteiger partial charge in [0.2, 0.25) is 5.91 Å². The lowest BCUT2D eigenvalue weighted by molar-refractivity contribution is -0.346. The Morgan fingerprint density at radius 2 is 1.56 bits per heavy atom. The first-order valence-electron chi connectivity index (χ1n) is 23.0. The average molecular weight is 873 g/mol. The quantitative estimate of drug-likeness (QED) is 0.123. The summed E-state index contributed by atoms with van der Waals surface area (Å²) in [6.07, 6.45) is -12.0. The number of ether oxygens (including phenoxy) is 5. The van der Waals surface area contributed by atoms with E-state index >= 15 is 4.79 Å². The van der Waals surface area contributed by atoms with E-state index in [0.29, 0.717) is 0 Å². The van der Waals surface area contributed by atoms with Crippen LogP contribution in [0.1, 0.15) is 88.8 Å². The monoisotopic (exact) mass is 872 g/mol. The average Bonchev–Trinajstić information content (AvgIpc) is 3.29. The topological polar surface area (TPSA) is 221 Å². The van der Waals surface area contributed by atoms with E-state index in [1.54, 1.807) is 36.4 Å². The molecule has 3 fully saturated rings. The number of hydrogen-bond acceptors (Lipinski definition) is 14. The first-order valence-corrected chi connectivity index (χ1v) is 20.5. The first-order chi connectivity index (χ1) is 31.8. The Balaban J connectivity index is 1.35. The molecule has 2 bridgehead atoms. The molecule has 3 unspecified atom stereocenters. The van der Waals surface area contributed by atoms with Crippen molar-refractivity contribution in [2.45, 2.75) is 115 Å². The van der Waals surface area contributed by atoms with Crippen molar-refractivity contribution >= 4 is 35.6 Å². The van der Waals surface area contributed by atoms with Crippen LogP contribution >= 0.6 is 0 Å². The largest absolute Gasteiger partial charge is 0.456 e. The fourth-order valence-corrected chi connectivity index (χ4v) is 10.1. The molecule has 3 aromatic rings. The van der Waals surface area contributed by atoms with Gasteiger partial charge in [-0.1, -0.05) is 92.6 Å². The molecule has 63 heavy (non-hydrogen) atoms. The van der Waals surface area contributed by atoms with Gasteiger partial charge in [-0.2, -0.15) is 0 Å². The molecule has 2 saturated carbocycles. The summed E-state index contributed by atoms with van der Waals surface area (Å²) in [6.45, 7) is 7.65. The van der Waals surface area contributed by atoms with Crippen LogP contribution in [-0.4, -0.2) is 105 Å². The standard InChI is InChI=1S/C48H53NO14/c1-26-32(61-44(57)38(54)37(30-18-12-8-13-19-30)49-35(53)22-29-16-10-7-11-17-29)24-48(58)42(62-43(56)31-20-14-9-15-21-31)40-46(6,33(52)23-34-47(40,25-59-34)63-28(3)51)41(55)39(60-27(2)50)36(26)45(48,4)5/h7-21,32-34,37-40,42,52,54,58H,22-25H2,1-6H3,(H,49,53)/t32-,33-,34?,37?,38+,39+,40-,42+,46+,47?,48+/m0/s1/i7D,10D,11D,16D,17D. The number of fused-ring (bicyclic) bond motifs is 5. The molecule has 1 amide bonds. The van der Waals surface area contributed by atoms with Crippen molar-refractivity contribution in [3.05, 3.63) is 119 Å². The molecule has 4 aliphatic rings. The smallest absolute Gasteiger partial charge is 0.338 e. The summed E-state index contributed by atoms with van der Waals surface area (Å²) in [5.41, 5.74) is -8.28. The van der Waals surface area contributed by atoms with E-state index in [4.69, 9.17) is 30.5 Å². The van der Waals surface area contributed by atoms with Gasteiger partial charge in [-0.15, -0.1) is 0 Å². The molecule has 15 nitrogen and oxygen atoms in total. The molecule has 15 heteroatoms. The number of Topliss-reactive ketones (excluding diaryl/α,β-unsaturated/α-hetero) is 1. The summed E-state index contributed by atoms with van der Waals surface area (Å²) in [4.78, 5) is 84.0. The van der Waals surface area contributed by atoms with Crippen LogP contribution in [0.2, 0.25) is 0 Å². The second-order valence-corrected chi connectivity index (χ2v) is 17.4. The number of nitrogens with one attached hydrogen (secondary N) is 1. The van der Waals surface area contributed by atoms with Gasteiger partial charge in [0.05, 0.1) is 48.9 Å². The molecule has 7 rings (SSSR count). The molecule has 0 radical (unpaired) electrons. The summed E-state index contributed by atoms with van der Waals surface area (Å²) in [6, 6.07) is 10.6. The van der Waals surface area contributed by atoms with E-state index < -0.39 is 149 Å². The third kappa shape index (κ3) is 7.85. The van der Waals surface area contributed by atoms with Crippen LogP contribution in [0.3, 0.4) is 0 Å². The van der Waals surface area contributed by atoms with Crippen LogP contribution in [-0.2, 0) is 54.1 Å². The summed E-state index contributed by atoms with van der Waals surface area (Å²) in [5, 5.41) is 40.2. The van der Waals surface area contributed by atoms with E-state index in [1.807, 2.05) is 0 Å². The molecule has 1 aliphatic heterocycles. The van der Waals surface area contributed by atoms with E-state index in [-0.39, 0.29) is 40.9 Å². The molecule has 0 spiro atoms. The Morgan fingerprint density at radius 1 is 0.921 bits per heavy atom. The Kier molecular flexibility index (Phi) is 10.6. The molecule has 4 N–H and O–H groups in total. The second-order valence-electron chi connectivity index (χ2n) is 17.4. The minimum absolute atomic E-state index is 0.0236. The molecule has 11 atom stereocenters. The Hall–Kier alpha value is -5.74. The number of benzene rings is 3. The maximum Gasteiger partial charge on any atom is 0.338 e. The molecular weight excluding hydrogens is 815 g/mol. The van der Waals surface area contributed by atoms with Gasteiger partial charge < -0.3 is 44.3 Å². The van der Waals surface area contributed by atoms with E-state index in [1.165, 1.54) is 52.0 Å². The van der Waals surface area contributed by atoms with Gasteiger partial charge in [-0.25, -0.2) is 9.59 Å². The van der Waals surface area contributed by atoms with Crippen molar-refractivity contribution in [3.63, 3.8) is 0 Å². The van der Waals surface area contributed by atoms with Gasteiger partial charge in [0.15, 0.2) is 23.6 Å². The second kappa shape index (κ2) is 17.1. The highest BCUT2D eigenvalue weighted by atomic mass is 16.6. The van der Waals surface area contributed by atoms with Crippen molar-refractivity contribution in [2.75, 3.05) is 6.61 Å². The van der Waals surface area contributed by atoms with Crippen LogP contribution < -0.4 is 5.32 Å². The van der Waals surface area contributed by atoms with Crippen molar-refractivity contribution in [2.24, 2.45) is 16.7 Å². The van der Waals surface area contributed by atoms with Crippen molar-refractivity contribution in [1.82, 2.24) is 5.32 Å². The van der Waals surface area contributed by atoms with Crippen LogP contribution in [0, 0.1) is 16.7 Å². The highest BCUT2D eigenvalue weighted by Crippen LogP contribution is 2.64. The van der Waals surface area contributed by atoms with Crippen LogP contribution in [0.4, 0.5) is 0 Å². The number of esters is 4. The summed E-state index contributed by atoms with van der Waals surface area (Å²) in [7, 11) is 0. The fraction of sp³-hybridized carbons (Fsp3) is 0.458. The lowest BCUT2D eigenvalue weighted by atomic mass is 9.44. The van der Waals surface area contributed by atoms with Gasteiger partial charge in [-0.05, 0) is 48.3 Å². The number of amides is 1. The first kappa shape index (κ1) is 38.9. The predicted molar refractivity (Wildman–Crippen MR) is 222 cm³/mol. The molecule has 3 aromatic carbocycles. The SMILES string of the molecule is [2H]c1c([2H])c([2H])c(CC(=O)NC(c2ccccc2)[C@@H](O)C(=O)O[C@H]2C[C@@]3(O)[C@H](OC(=O)c4ccccc4)[C@@H]4C5(OC(C)=O)COC5C[C@H](O)[C@@]4(C)C(=O)[C@H](OC(C)=O)C(=C2C)C3(C)C)c([2H])c1[2H]. The van der Waals surface area contributed by atoms with Crippen molar-refractivity contribution in [1.29, 1.82) is 0 Å². The van der Waals surface area contributed by atoms with Crippen molar-refractivity contribution < 1.29 is 74.6 Å². The number of carbonyl (C=O) groups excluding carboxylic acids is 6. The zero-order valence-electron chi connectivity index (χ0n) is 40.6. The predicted octanol–water partition coefficient (Wildman–Crippen LogP) is 3.66. The van der Waals surface area contributed by atoms with Crippen LogP contribution in [0.5, 0.6) is 0 Å². The Bertz CT molecular complexity index is 2570. The number of ketones is 1. The zero-order chi connectivity index (χ0) is 50.0. The summed E-state index contributed by atoms with van der Waals surface area (Å²) in [5.74, 6) is -7.60. The van der Waals surface area contributed by atoms with Gasteiger partial charge in [0, 0.05) is 32.1 Å². The lowest BCUT2D eigenvalue weighted by Gasteiger charge is -2.67. The molecule has 1 saturated heterocycles. The van der Waals surface area contributed by atoms with Gasteiger partial charge in [0.1, 0.15) is 23.9 Å². The number of aliphatic hydroxyl groups is 3. The number of rotatable bonds is 11. The minimum Gasteiger partial charge on any atom is -0.456 e. The lowest BCUT2D eigenvalue weighted by Crippen LogP contribution is -2.82. The third-order valence-corrected chi connectivity index (χ3v) is 13.4. The summed E-state index contributed by atoms with van der Waals surface area (Å²) >= 11 is 0. The van der Waals surface area contributed by atoms with Crippen LogP contribution in [0.25, 0.3) is 0 Å². The fourth-order valence-electron chi connectivity index (χ4n) is 10.1. The maximum atomic E-state index is 15.5. The summed E-state index contributed by atoms with van der Waals surface area (Å²) < 4.78 is 70.7. The number of hydrogen-bond donors (Lipinski definition) is 4.